The molecule has 0 fully saturated rings. The second kappa shape index (κ2) is 7.26. The van der Waals surface area contributed by atoms with Gasteiger partial charge in [0.25, 0.3) is 0 Å². The summed E-state index contributed by atoms with van der Waals surface area (Å²) < 4.78 is 0. The van der Waals surface area contributed by atoms with Crippen molar-refractivity contribution in [2.75, 3.05) is 0 Å². The Morgan fingerprint density at radius 2 is 1.33 bits per heavy atom. The van der Waals surface area contributed by atoms with Crippen molar-refractivity contribution in [3.8, 4) is 0 Å². The number of hydrogen-bond donors (Lipinski definition) is 0. The number of rotatable bonds is 6. The molecule has 0 heterocycles. The van der Waals surface area contributed by atoms with Crippen molar-refractivity contribution in [3.63, 3.8) is 0 Å². The fourth-order valence-corrected chi connectivity index (χ4v) is 2.76. The van der Waals surface area contributed by atoms with Gasteiger partial charge < -0.3 is 0 Å². The first-order chi connectivity index (χ1) is 10.0. The van der Waals surface area contributed by atoms with E-state index in [9.17, 15) is 0 Å². The van der Waals surface area contributed by atoms with Crippen LogP contribution >= 0.6 is 0 Å². The average Bonchev–Trinajstić information content (AvgIpc) is 2.44. The van der Waals surface area contributed by atoms with Gasteiger partial charge in [-0.3, -0.25) is 0 Å². The van der Waals surface area contributed by atoms with Gasteiger partial charge in [-0.2, -0.15) is 0 Å². The van der Waals surface area contributed by atoms with Crippen molar-refractivity contribution in [1.29, 1.82) is 0 Å². The topological polar surface area (TPSA) is 0 Å². The molecule has 1 atom stereocenters. The van der Waals surface area contributed by atoms with E-state index in [1.807, 2.05) is 0 Å². The lowest BCUT2D eigenvalue weighted by Gasteiger charge is -2.14. The highest BCUT2D eigenvalue weighted by Crippen LogP contribution is 2.19. The standard InChI is InChI=1S/C21H26/c1-16-5-9-20(10-6-16)14-18(3)13-19(4)15-21-11-7-17(2)8-12-21/h5-12,19H,3,13-15H2,1-2,4H3. The summed E-state index contributed by atoms with van der Waals surface area (Å²) in [6.07, 6.45) is 3.23. The maximum absolute atomic E-state index is 4.27. The van der Waals surface area contributed by atoms with Gasteiger partial charge in [-0.25, -0.2) is 0 Å². The minimum Gasteiger partial charge on any atom is -0.0995 e. The Labute approximate surface area is 129 Å². The van der Waals surface area contributed by atoms with Gasteiger partial charge in [-0.15, -0.1) is 0 Å². The Morgan fingerprint density at radius 1 is 0.857 bits per heavy atom. The Bertz CT molecular complexity index is 572. The van der Waals surface area contributed by atoms with Crippen LogP contribution in [0.2, 0.25) is 0 Å². The van der Waals surface area contributed by atoms with E-state index in [0.717, 1.165) is 19.3 Å². The SMILES string of the molecule is C=C(Cc1ccc(C)cc1)CC(C)Cc1ccc(C)cc1. The third-order valence-corrected chi connectivity index (χ3v) is 3.92. The predicted octanol–water partition coefficient (Wildman–Crippen LogP) is 5.67. The first-order valence-corrected chi connectivity index (χ1v) is 7.80. The number of hydrogen-bond acceptors (Lipinski definition) is 0. The summed E-state index contributed by atoms with van der Waals surface area (Å²) in [5, 5.41) is 0. The van der Waals surface area contributed by atoms with Crippen LogP contribution in [-0.2, 0) is 12.8 Å². The van der Waals surface area contributed by atoms with Crippen molar-refractivity contribution < 1.29 is 0 Å². The molecule has 2 rings (SSSR count). The molecule has 0 saturated heterocycles. The molecule has 0 aliphatic rings. The maximum atomic E-state index is 4.27. The van der Waals surface area contributed by atoms with Crippen LogP contribution in [0.1, 0.15) is 35.6 Å². The van der Waals surface area contributed by atoms with Crippen LogP contribution in [0.5, 0.6) is 0 Å². The van der Waals surface area contributed by atoms with Crippen LogP contribution in [0.25, 0.3) is 0 Å². The van der Waals surface area contributed by atoms with E-state index in [4.69, 9.17) is 0 Å². The zero-order valence-corrected chi connectivity index (χ0v) is 13.5. The van der Waals surface area contributed by atoms with Crippen LogP contribution < -0.4 is 0 Å². The molecule has 0 N–H and O–H groups in total. The number of benzene rings is 2. The summed E-state index contributed by atoms with van der Waals surface area (Å²) in [5.41, 5.74) is 6.77. The quantitative estimate of drug-likeness (QED) is 0.597. The summed E-state index contributed by atoms with van der Waals surface area (Å²) in [5.74, 6) is 0.644. The smallest absolute Gasteiger partial charge is 0.00697 e. The minimum atomic E-state index is 0.644. The molecule has 2 aromatic rings. The van der Waals surface area contributed by atoms with E-state index >= 15 is 0 Å². The minimum absolute atomic E-state index is 0.644. The highest BCUT2D eigenvalue weighted by Gasteiger charge is 2.07. The molecule has 2 aromatic carbocycles. The molecular weight excluding hydrogens is 252 g/mol. The lowest BCUT2D eigenvalue weighted by atomic mass is 9.92. The molecule has 0 aromatic heterocycles. The summed E-state index contributed by atoms with van der Waals surface area (Å²) in [7, 11) is 0. The monoisotopic (exact) mass is 278 g/mol. The summed E-state index contributed by atoms with van der Waals surface area (Å²) in [6, 6.07) is 17.7. The lowest BCUT2D eigenvalue weighted by Crippen LogP contribution is -2.03. The molecule has 0 spiro atoms. The fraction of sp³-hybridized carbons (Fsp3) is 0.333. The molecule has 0 radical (unpaired) electrons. The van der Waals surface area contributed by atoms with Gasteiger partial charge in [0.15, 0.2) is 0 Å². The highest BCUT2D eigenvalue weighted by atomic mass is 14.1. The lowest BCUT2D eigenvalue weighted by molar-refractivity contribution is 0.569. The molecule has 0 aliphatic carbocycles. The van der Waals surface area contributed by atoms with Gasteiger partial charge in [0.2, 0.25) is 0 Å². The Hall–Kier alpha value is -1.82. The van der Waals surface area contributed by atoms with Gasteiger partial charge in [0.05, 0.1) is 0 Å². The van der Waals surface area contributed by atoms with Crippen molar-refractivity contribution >= 4 is 0 Å². The maximum Gasteiger partial charge on any atom is -0.00697 e. The second-order valence-corrected chi connectivity index (χ2v) is 6.41. The van der Waals surface area contributed by atoms with E-state index in [0.29, 0.717) is 5.92 Å². The van der Waals surface area contributed by atoms with Crippen molar-refractivity contribution in [3.05, 3.63) is 82.9 Å². The van der Waals surface area contributed by atoms with Crippen LogP contribution in [0.4, 0.5) is 0 Å². The normalized spacial score (nSPS) is 12.1. The van der Waals surface area contributed by atoms with Gasteiger partial charge >= 0.3 is 0 Å². The predicted molar refractivity (Wildman–Crippen MR) is 92.7 cm³/mol. The molecule has 0 bridgehead atoms. The largest absolute Gasteiger partial charge is 0.0995 e. The average molecular weight is 278 g/mol. The van der Waals surface area contributed by atoms with Gasteiger partial charge in [0, 0.05) is 0 Å². The molecule has 110 valence electrons. The van der Waals surface area contributed by atoms with Gasteiger partial charge in [-0.05, 0) is 50.2 Å². The number of allylic oxidation sites excluding steroid dienone is 1. The third kappa shape index (κ3) is 5.23. The first-order valence-electron chi connectivity index (χ1n) is 7.80. The fourth-order valence-electron chi connectivity index (χ4n) is 2.76. The molecule has 0 amide bonds. The van der Waals surface area contributed by atoms with E-state index in [2.05, 4.69) is 75.9 Å². The molecule has 0 nitrogen and oxygen atoms in total. The third-order valence-electron chi connectivity index (χ3n) is 3.92. The summed E-state index contributed by atoms with van der Waals surface area (Å²) >= 11 is 0. The first kappa shape index (κ1) is 15.6. The van der Waals surface area contributed by atoms with Gasteiger partial charge in [-0.1, -0.05) is 78.7 Å². The van der Waals surface area contributed by atoms with Crippen LogP contribution in [-0.4, -0.2) is 0 Å². The van der Waals surface area contributed by atoms with Crippen LogP contribution in [0.3, 0.4) is 0 Å². The van der Waals surface area contributed by atoms with Gasteiger partial charge in [0.1, 0.15) is 0 Å². The van der Waals surface area contributed by atoms with E-state index in [1.165, 1.54) is 27.8 Å². The summed E-state index contributed by atoms with van der Waals surface area (Å²) in [6.45, 7) is 10.9. The van der Waals surface area contributed by atoms with Crippen molar-refractivity contribution in [1.82, 2.24) is 0 Å². The number of aryl methyl sites for hydroxylation is 2. The summed E-state index contributed by atoms with van der Waals surface area (Å²) in [4.78, 5) is 0. The zero-order valence-electron chi connectivity index (χ0n) is 13.5. The van der Waals surface area contributed by atoms with Crippen LogP contribution in [0, 0.1) is 19.8 Å². The highest BCUT2D eigenvalue weighted by molar-refractivity contribution is 5.25. The van der Waals surface area contributed by atoms with E-state index < -0.39 is 0 Å². The molecular formula is C21H26. The molecule has 1 unspecified atom stereocenters. The molecule has 21 heavy (non-hydrogen) atoms. The molecule has 0 heteroatoms. The molecule has 0 aliphatic heterocycles. The molecule has 0 saturated carbocycles. The van der Waals surface area contributed by atoms with E-state index in [-0.39, 0.29) is 0 Å². The van der Waals surface area contributed by atoms with Crippen LogP contribution in [0.15, 0.2) is 60.7 Å². The van der Waals surface area contributed by atoms with E-state index in [1.54, 1.807) is 0 Å². The Kier molecular flexibility index (Phi) is 5.38. The Morgan fingerprint density at radius 3 is 1.86 bits per heavy atom. The second-order valence-electron chi connectivity index (χ2n) is 6.41. The van der Waals surface area contributed by atoms with Crippen molar-refractivity contribution in [2.45, 2.75) is 40.0 Å². The zero-order chi connectivity index (χ0) is 15.2. The Balaban J connectivity index is 1.84. The van der Waals surface area contributed by atoms with Crippen molar-refractivity contribution in [2.24, 2.45) is 5.92 Å².